The Labute approximate surface area is 168 Å². The lowest BCUT2D eigenvalue weighted by Crippen LogP contribution is -2.40. The molecule has 0 aliphatic carbocycles. The molecule has 3 amide bonds. The predicted molar refractivity (Wildman–Crippen MR) is 111 cm³/mol. The second-order valence-electron chi connectivity index (χ2n) is 6.52. The van der Waals surface area contributed by atoms with Gasteiger partial charge in [0.2, 0.25) is 5.91 Å². The van der Waals surface area contributed by atoms with Crippen molar-refractivity contribution >= 4 is 41.1 Å². The minimum atomic E-state index is -0.495. The van der Waals surface area contributed by atoms with Crippen molar-refractivity contribution in [2.75, 3.05) is 5.32 Å². The molecule has 0 aliphatic heterocycles. The number of rotatable bonds is 6. The molecular weight excluding hydrogens is 378 g/mol. The molecule has 0 fully saturated rings. The summed E-state index contributed by atoms with van der Waals surface area (Å²) < 4.78 is 0. The highest BCUT2D eigenvalue weighted by molar-refractivity contribution is 6.32. The van der Waals surface area contributed by atoms with Gasteiger partial charge in [-0.05, 0) is 47.9 Å². The Morgan fingerprint density at radius 2 is 1.68 bits per heavy atom. The van der Waals surface area contributed by atoms with Crippen molar-refractivity contribution in [1.82, 2.24) is 10.9 Å². The van der Waals surface area contributed by atoms with Crippen molar-refractivity contribution in [3.05, 3.63) is 70.8 Å². The Morgan fingerprint density at radius 3 is 2.32 bits per heavy atom. The normalized spacial score (nSPS) is 10.7. The molecule has 0 bridgehead atoms. The standard InChI is InChI=1S/C21H22ClN3O3/c1-14(2)13-20(27)23-17-10-7-16(8-11-17)21(28)25-24-19(26)12-9-15-5-3-4-6-18(15)22/h3-12,14H,13H2,1-2H3,(H,23,27)(H,24,26)(H,25,28). The lowest BCUT2D eigenvalue weighted by molar-refractivity contribution is -0.117. The van der Waals surface area contributed by atoms with E-state index < -0.39 is 11.8 Å². The summed E-state index contributed by atoms with van der Waals surface area (Å²) in [6, 6.07) is 13.5. The summed E-state index contributed by atoms with van der Waals surface area (Å²) in [5.74, 6) is -0.782. The molecule has 6 nitrogen and oxygen atoms in total. The van der Waals surface area contributed by atoms with Crippen LogP contribution in [0, 0.1) is 5.92 Å². The SMILES string of the molecule is CC(C)CC(=O)Nc1ccc(C(=O)NNC(=O)C=Cc2ccccc2Cl)cc1. The van der Waals surface area contributed by atoms with Crippen LogP contribution in [0.15, 0.2) is 54.6 Å². The molecule has 2 aromatic rings. The van der Waals surface area contributed by atoms with Crippen LogP contribution in [0.1, 0.15) is 36.2 Å². The van der Waals surface area contributed by atoms with Gasteiger partial charge in [0.15, 0.2) is 0 Å². The maximum Gasteiger partial charge on any atom is 0.269 e. The molecule has 0 heterocycles. The molecule has 3 N–H and O–H groups in total. The quantitative estimate of drug-likeness (QED) is 0.510. The van der Waals surface area contributed by atoms with Crippen LogP contribution >= 0.6 is 11.6 Å². The van der Waals surface area contributed by atoms with Gasteiger partial charge < -0.3 is 5.32 Å². The number of hydrogen-bond acceptors (Lipinski definition) is 3. The molecule has 0 unspecified atom stereocenters. The zero-order valence-corrected chi connectivity index (χ0v) is 16.4. The van der Waals surface area contributed by atoms with Gasteiger partial charge in [-0.15, -0.1) is 0 Å². The zero-order chi connectivity index (χ0) is 20.5. The van der Waals surface area contributed by atoms with Gasteiger partial charge in [-0.25, -0.2) is 0 Å². The fourth-order valence-electron chi connectivity index (χ4n) is 2.30. The predicted octanol–water partition coefficient (Wildman–Crippen LogP) is 3.80. The van der Waals surface area contributed by atoms with Crippen LogP contribution in [0.5, 0.6) is 0 Å². The fourth-order valence-corrected chi connectivity index (χ4v) is 2.49. The van der Waals surface area contributed by atoms with E-state index in [4.69, 9.17) is 11.6 Å². The van der Waals surface area contributed by atoms with E-state index in [-0.39, 0.29) is 11.8 Å². The van der Waals surface area contributed by atoms with Crippen molar-refractivity contribution < 1.29 is 14.4 Å². The monoisotopic (exact) mass is 399 g/mol. The van der Waals surface area contributed by atoms with Crippen LogP contribution in [0.4, 0.5) is 5.69 Å². The highest BCUT2D eigenvalue weighted by Crippen LogP contribution is 2.16. The highest BCUT2D eigenvalue weighted by Gasteiger charge is 2.08. The number of anilines is 1. The van der Waals surface area contributed by atoms with Crippen molar-refractivity contribution in [2.24, 2.45) is 5.92 Å². The first-order valence-electron chi connectivity index (χ1n) is 8.78. The van der Waals surface area contributed by atoms with Crippen molar-refractivity contribution in [2.45, 2.75) is 20.3 Å². The lowest BCUT2D eigenvalue weighted by atomic mass is 10.1. The zero-order valence-electron chi connectivity index (χ0n) is 15.7. The van der Waals surface area contributed by atoms with E-state index in [1.807, 2.05) is 13.8 Å². The van der Waals surface area contributed by atoms with Gasteiger partial charge in [0.1, 0.15) is 0 Å². The van der Waals surface area contributed by atoms with Gasteiger partial charge in [-0.3, -0.25) is 25.2 Å². The largest absolute Gasteiger partial charge is 0.326 e. The summed E-state index contributed by atoms with van der Waals surface area (Å²) in [4.78, 5) is 35.7. The Hall–Kier alpha value is -3.12. The lowest BCUT2D eigenvalue weighted by Gasteiger charge is -2.09. The third-order valence-corrected chi connectivity index (χ3v) is 3.99. The minimum Gasteiger partial charge on any atom is -0.326 e. The number of benzene rings is 2. The van der Waals surface area contributed by atoms with Crippen molar-refractivity contribution in [3.8, 4) is 0 Å². The van der Waals surface area contributed by atoms with E-state index in [0.717, 1.165) is 0 Å². The van der Waals surface area contributed by atoms with Gasteiger partial charge in [0.25, 0.3) is 11.8 Å². The fraction of sp³-hybridized carbons (Fsp3) is 0.190. The number of halogens is 1. The average molecular weight is 400 g/mol. The van der Waals surface area contributed by atoms with E-state index in [2.05, 4.69) is 16.2 Å². The van der Waals surface area contributed by atoms with E-state index in [1.165, 1.54) is 6.08 Å². The molecule has 0 spiro atoms. The van der Waals surface area contributed by atoms with E-state index in [1.54, 1.807) is 54.6 Å². The first-order valence-corrected chi connectivity index (χ1v) is 9.16. The first kappa shape index (κ1) is 21.2. The molecule has 0 atom stereocenters. The maximum atomic E-state index is 12.1. The number of hydrogen-bond donors (Lipinski definition) is 3. The molecule has 0 saturated carbocycles. The second kappa shape index (κ2) is 10.3. The first-order chi connectivity index (χ1) is 13.3. The number of carbonyl (C=O) groups is 3. The number of amides is 3. The smallest absolute Gasteiger partial charge is 0.269 e. The third-order valence-electron chi connectivity index (χ3n) is 3.64. The molecule has 2 aromatic carbocycles. The molecule has 7 heteroatoms. The molecular formula is C21H22ClN3O3. The van der Waals surface area contributed by atoms with Crippen LogP contribution in [0.2, 0.25) is 5.02 Å². The van der Waals surface area contributed by atoms with Crippen molar-refractivity contribution in [1.29, 1.82) is 0 Å². The van der Waals surface area contributed by atoms with Gasteiger partial charge in [-0.2, -0.15) is 0 Å². The van der Waals surface area contributed by atoms with E-state index in [9.17, 15) is 14.4 Å². The summed E-state index contributed by atoms with van der Waals surface area (Å²) in [6.45, 7) is 3.93. The molecule has 0 radical (unpaired) electrons. The average Bonchev–Trinajstić information content (AvgIpc) is 2.65. The summed E-state index contributed by atoms with van der Waals surface area (Å²) in [5.41, 5.74) is 6.27. The highest BCUT2D eigenvalue weighted by atomic mass is 35.5. The number of carbonyl (C=O) groups excluding carboxylic acids is 3. The van der Waals surface area contributed by atoms with Gasteiger partial charge in [0.05, 0.1) is 0 Å². The minimum absolute atomic E-state index is 0.0789. The molecule has 28 heavy (non-hydrogen) atoms. The topological polar surface area (TPSA) is 87.3 Å². The van der Waals surface area contributed by atoms with E-state index >= 15 is 0 Å². The number of hydrazine groups is 1. The number of nitrogens with one attached hydrogen (secondary N) is 3. The molecule has 0 aromatic heterocycles. The van der Waals surface area contributed by atoms with Crippen LogP contribution in [0.3, 0.4) is 0 Å². The summed E-state index contributed by atoms with van der Waals surface area (Å²) in [5, 5.41) is 3.29. The molecule has 2 rings (SSSR count). The van der Waals surface area contributed by atoms with Crippen LogP contribution < -0.4 is 16.2 Å². The molecule has 0 saturated heterocycles. The van der Waals surface area contributed by atoms with Crippen molar-refractivity contribution in [3.63, 3.8) is 0 Å². The Balaban J connectivity index is 1.85. The van der Waals surface area contributed by atoms with Crippen LogP contribution in [-0.2, 0) is 9.59 Å². The van der Waals surface area contributed by atoms with Gasteiger partial charge in [0, 0.05) is 28.8 Å². The van der Waals surface area contributed by atoms with Gasteiger partial charge >= 0.3 is 0 Å². The molecule has 0 aliphatic rings. The van der Waals surface area contributed by atoms with E-state index in [0.29, 0.717) is 28.3 Å². The maximum absolute atomic E-state index is 12.1. The summed E-state index contributed by atoms with van der Waals surface area (Å²) in [6.07, 6.45) is 3.25. The second-order valence-corrected chi connectivity index (χ2v) is 6.93. The Kier molecular flexibility index (Phi) is 7.77. The van der Waals surface area contributed by atoms with Gasteiger partial charge in [-0.1, -0.05) is 43.6 Å². The van der Waals surface area contributed by atoms with Crippen LogP contribution in [-0.4, -0.2) is 17.7 Å². The third kappa shape index (κ3) is 6.89. The summed E-state index contributed by atoms with van der Waals surface area (Å²) in [7, 11) is 0. The summed E-state index contributed by atoms with van der Waals surface area (Å²) >= 11 is 6.01. The Bertz CT molecular complexity index is 877. The molecule has 146 valence electrons. The van der Waals surface area contributed by atoms with Crippen LogP contribution in [0.25, 0.3) is 6.08 Å². The Morgan fingerprint density at radius 1 is 1.00 bits per heavy atom.